The summed E-state index contributed by atoms with van der Waals surface area (Å²) in [6.07, 6.45) is 0.889. The fourth-order valence-electron chi connectivity index (χ4n) is 2.30. The minimum absolute atomic E-state index is 0.0621. The van der Waals surface area contributed by atoms with Crippen LogP contribution >= 0.6 is 11.3 Å². The maximum atomic E-state index is 12.7. The molecular formula is C17H22N2OS. The number of likely N-dealkylation sites (N-methyl/N-ethyl adjacent to an activating group) is 1. The molecule has 1 aromatic carbocycles. The summed E-state index contributed by atoms with van der Waals surface area (Å²) in [7, 11) is 3.72. The Morgan fingerprint density at radius 1 is 1.38 bits per heavy atom. The van der Waals surface area contributed by atoms with Crippen molar-refractivity contribution in [2.75, 3.05) is 19.4 Å². The fourth-order valence-corrected chi connectivity index (χ4v) is 3.13. The van der Waals surface area contributed by atoms with Gasteiger partial charge in [0.1, 0.15) is 0 Å². The second-order valence-electron chi connectivity index (χ2n) is 5.35. The molecule has 0 aliphatic carbocycles. The van der Waals surface area contributed by atoms with Crippen molar-refractivity contribution in [2.45, 2.75) is 26.3 Å². The van der Waals surface area contributed by atoms with Crippen molar-refractivity contribution in [1.29, 1.82) is 0 Å². The van der Waals surface area contributed by atoms with Crippen molar-refractivity contribution in [3.8, 4) is 0 Å². The molecule has 112 valence electrons. The molecule has 0 saturated carbocycles. The summed E-state index contributed by atoms with van der Waals surface area (Å²) < 4.78 is 0. The van der Waals surface area contributed by atoms with Crippen molar-refractivity contribution < 1.29 is 4.79 Å². The van der Waals surface area contributed by atoms with Gasteiger partial charge in [-0.1, -0.05) is 17.7 Å². The van der Waals surface area contributed by atoms with Gasteiger partial charge in [0.05, 0.1) is 5.56 Å². The molecule has 1 aromatic heterocycles. The summed E-state index contributed by atoms with van der Waals surface area (Å²) in [5.41, 5.74) is 2.70. The molecule has 0 fully saturated rings. The van der Waals surface area contributed by atoms with E-state index in [-0.39, 0.29) is 11.9 Å². The zero-order valence-electron chi connectivity index (χ0n) is 13.0. The predicted molar refractivity (Wildman–Crippen MR) is 90.3 cm³/mol. The van der Waals surface area contributed by atoms with Gasteiger partial charge in [0.15, 0.2) is 0 Å². The van der Waals surface area contributed by atoms with Gasteiger partial charge in [-0.05, 0) is 37.4 Å². The third kappa shape index (κ3) is 3.64. The Morgan fingerprint density at radius 3 is 2.76 bits per heavy atom. The molecule has 4 heteroatoms. The number of thiophene rings is 1. The predicted octanol–water partition coefficient (Wildman–Crippen LogP) is 3.80. The Hall–Kier alpha value is -1.81. The minimum atomic E-state index is 0.0621. The summed E-state index contributed by atoms with van der Waals surface area (Å²) in [5.74, 6) is 0.0621. The van der Waals surface area contributed by atoms with Gasteiger partial charge in [-0.25, -0.2) is 0 Å². The van der Waals surface area contributed by atoms with Crippen LogP contribution in [0.5, 0.6) is 0 Å². The molecule has 3 nitrogen and oxygen atoms in total. The first-order valence-corrected chi connectivity index (χ1v) is 7.99. The smallest absolute Gasteiger partial charge is 0.255 e. The second-order valence-corrected chi connectivity index (χ2v) is 6.38. The maximum Gasteiger partial charge on any atom is 0.255 e. The van der Waals surface area contributed by atoms with Crippen molar-refractivity contribution in [2.24, 2.45) is 0 Å². The van der Waals surface area contributed by atoms with Crippen LogP contribution in [0.15, 0.2) is 35.7 Å². The summed E-state index contributed by atoms with van der Waals surface area (Å²) in [4.78, 5) is 15.9. The summed E-state index contributed by atoms with van der Waals surface area (Å²) in [6, 6.07) is 10.3. The number of nitrogens with one attached hydrogen (secondary N) is 1. The van der Waals surface area contributed by atoms with Gasteiger partial charge in [0.2, 0.25) is 0 Å². The number of aryl methyl sites for hydroxylation is 1. The molecule has 0 spiro atoms. The molecule has 2 aromatic rings. The van der Waals surface area contributed by atoms with Crippen LogP contribution in [0.25, 0.3) is 0 Å². The number of anilines is 1. The molecule has 1 amide bonds. The average Bonchev–Trinajstić information content (AvgIpc) is 2.98. The summed E-state index contributed by atoms with van der Waals surface area (Å²) >= 11 is 1.74. The van der Waals surface area contributed by atoms with Crippen molar-refractivity contribution in [3.63, 3.8) is 0 Å². The number of benzene rings is 1. The van der Waals surface area contributed by atoms with E-state index >= 15 is 0 Å². The number of carbonyl (C=O) groups is 1. The number of nitrogens with zero attached hydrogens (tertiary/aromatic N) is 1. The lowest BCUT2D eigenvalue weighted by molar-refractivity contribution is 0.0745. The number of amides is 1. The Kier molecular flexibility index (Phi) is 5.02. The molecule has 21 heavy (non-hydrogen) atoms. The Bertz CT molecular complexity index is 607. The molecule has 1 N–H and O–H groups in total. The highest BCUT2D eigenvalue weighted by molar-refractivity contribution is 7.09. The van der Waals surface area contributed by atoms with Crippen LogP contribution in [0.2, 0.25) is 0 Å². The van der Waals surface area contributed by atoms with Crippen LogP contribution in [0.1, 0.15) is 27.7 Å². The van der Waals surface area contributed by atoms with Gasteiger partial charge in [-0.2, -0.15) is 0 Å². The molecule has 1 atom stereocenters. The molecule has 0 saturated heterocycles. The van der Waals surface area contributed by atoms with Crippen molar-refractivity contribution in [1.82, 2.24) is 4.90 Å². The van der Waals surface area contributed by atoms with E-state index in [1.165, 1.54) is 4.88 Å². The number of carbonyl (C=O) groups excluding carboxylic acids is 1. The van der Waals surface area contributed by atoms with E-state index in [0.29, 0.717) is 0 Å². The van der Waals surface area contributed by atoms with Crippen LogP contribution in [-0.2, 0) is 6.42 Å². The Morgan fingerprint density at radius 2 is 2.14 bits per heavy atom. The zero-order valence-corrected chi connectivity index (χ0v) is 13.8. The second kappa shape index (κ2) is 6.76. The first-order valence-electron chi connectivity index (χ1n) is 7.11. The number of hydrogen-bond acceptors (Lipinski definition) is 3. The van der Waals surface area contributed by atoms with Crippen molar-refractivity contribution >= 4 is 22.9 Å². The Labute approximate surface area is 130 Å². The van der Waals surface area contributed by atoms with Gasteiger partial charge >= 0.3 is 0 Å². The molecule has 2 rings (SSSR count). The normalized spacial score (nSPS) is 12.0. The van der Waals surface area contributed by atoms with Gasteiger partial charge < -0.3 is 10.2 Å². The van der Waals surface area contributed by atoms with E-state index in [4.69, 9.17) is 0 Å². The number of hydrogen-bond donors (Lipinski definition) is 1. The molecule has 1 heterocycles. The average molecular weight is 302 g/mol. The molecule has 1 unspecified atom stereocenters. The van der Waals surface area contributed by atoms with Crippen LogP contribution in [0.3, 0.4) is 0 Å². The quantitative estimate of drug-likeness (QED) is 0.911. The topological polar surface area (TPSA) is 32.3 Å². The standard InChI is InChI=1S/C17H22N2OS/c1-12-7-8-16(18-3)15(10-12)17(20)19(4)13(2)11-14-6-5-9-21-14/h5-10,13,18H,11H2,1-4H3. The first-order chi connectivity index (χ1) is 10.0. The summed E-state index contributed by atoms with van der Waals surface area (Å²) in [6.45, 7) is 4.10. The highest BCUT2D eigenvalue weighted by atomic mass is 32.1. The van der Waals surface area contributed by atoms with Crippen LogP contribution in [-0.4, -0.2) is 30.9 Å². The SMILES string of the molecule is CNc1ccc(C)cc1C(=O)N(C)C(C)Cc1cccs1. The van der Waals surface area contributed by atoms with Gasteiger partial charge in [-0.15, -0.1) is 11.3 Å². The molecular weight excluding hydrogens is 280 g/mol. The van der Waals surface area contributed by atoms with E-state index in [9.17, 15) is 4.79 Å². The van der Waals surface area contributed by atoms with Crippen LogP contribution in [0.4, 0.5) is 5.69 Å². The fraction of sp³-hybridized carbons (Fsp3) is 0.353. The number of rotatable bonds is 5. The molecule has 0 aliphatic rings. The molecule has 0 radical (unpaired) electrons. The third-order valence-corrected chi connectivity index (χ3v) is 4.63. The lowest BCUT2D eigenvalue weighted by Gasteiger charge is -2.26. The lowest BCUT2D eigenvalue weighted by Crippen LogP contribution is -2.36. The lowest BCUT2D eigenvalue weighted by atomic mass is 10.1. The molecule has 0 bridgehead atoms. The van der Waals surface area contributed by atoms with Crippen molar-refractivity contribution in [3.05, 3.63) is 51.7 Å². The van der Waals surface area contributed by atoms with Gasteiger partial charge in [-0.3, -0.25) is 4.79 Å². The van der Waals surface area contributed by atoms with Gasteiger partial charge in [0.25, 0.3) is 5.91 Å². The van der Waals surface area contributed by atoms with E-state index in [1.807, 2.05) is 50.2 Å². The molecule has 0 aliphatic heterocycles. The largest absolute Gasteiger partial charge is 0.387 e. The summed E-state index contributed by atoms with van der Waals surface area (Å²) in [5, 5.41) is 5.17. The monoisotopic (exact) mass is 302 g/mol. The highest BCUT2D eigenvalue weighted by Crippen LogP contribution is 2.21. The third-order valence-electron chi connectivity index (χ3n) is 3.73. The highest BCUT2D eigenvalue weighted by Gasteiger charge is 2.20. The Balaban J connectivity index is 2.16. The minimum Gasteiger partial charge on any atom is -0.387 e. The first kappa shape index (κ1) is 15.6. The van der Waals surface area contributed by atoms with Crippen LogP contribution < -0.4 is 5.32 Å². The van der Waals surface area contributed by atoms with Crippen LogP contribution in [0, 0.1) is 6.92 Å². The zero-order chi connectivity index (χ0) is 15.4. The maximum absolute atomic E-state index is 12.7. The van der Waals surface area contributed by atoms with E-state index in [2.05, 4.69) is 23.7 Å². The van der Waals surface area contributed by atoms with E-state index in [0.717, 1.165) is 23.2 Å². The van der Waals surface area contributed by atoms with E-state index in [1.54, 1.807) is 11.3 Å². The van der Waals surface area contributed by atoms with E-state index < -0.39 is 0 Å². The van der Waals surface area contributed by atoms with Gasteiger partial charge in [0, 0.05) is 37.1 Å².